The molecule has 2 amide bonds. The standard InChI is InChI=1S/C16H19FN8O2/c1-27-7-6-24-11-21-23-15(24)4-5-18-16(26)22-14-8-12(2-3-13(14)17)25-9-19-20-10-25/h2-3,8-11H,4-7H2,1H3,(H2,18,22,26). The van der Waals surface area contributed by atoms with Crippen LogP contribution in [0.15, 0.2) is 37.2 Å². The van der Waals surface area contributed by atoms with Gasteiger partial charge in [-0.3, -0.25) is 4.57 Å². The Hall–Kier alpha value is -3.34. The van der Waals surface area contributed by atoms with Gasteiger partial charge in [-0.15, -0.1) is 20.4 Å². The Balaban J connectivity index is 1.54. The van der Waals surface area contributed by atoms with Crippen LogP contribution in [0.1, 0.15) is 5.82 Å². The zero-order chi connectivity index (χ0) is 19.1. The first-order valence-electron chi connectivity index (χ1n) is 8.22. The van der Waals surface area contributed by atoms with Crippen LogP contribution in [0.25, 0.3) is 5.69 Å². The number of carbonyl (C=O) groups is 1. The van der Waals surface area contributed by atoms with Crippen molar-refractivity contribution >= 4 is 11.7 Å². The monoisotopic (exact) mass is 374 g/mol. The third-order valence-corrected chi connectivity index (χ3v) is 3.78. The highest BCUT2D eigenvalue weighted by atomic mass is 19.1. The first-order chi connectivity index (χ1) is 13.2. The number of benzene rings is 1. The van der Waals surface area contributed by atoms with Gasteiger partial charge in [-0.2, -0.15) is 0 Å². The van der Waals surface area contributed by atoms with Crippen LogP contribution >= 0.6 is 0 Å². The molecule has 0 saturated heterocycles. The number of ether oxygens (including phenoxy) is 1. The van der Waals surface area contributed by atoms with Gasteiger partial charge in [0.2, 0.25) is 0 Å². The van der Waals surface area contributed by atoms with Gasteiger partial charge >= 0.3 is 6.03 Å². The SMILES string of the molecule is COCCn1cnnc1CCNC(=O)Nc1cc(-n2cnnc2)ccc1F. The van der Waals surface area contributed by atoms with Crippen molar-refractivity contribution in [3.8, 4) is 5.69 Å². The smallest absolute Gasteiger partial charge is 0.319 e. The summed E-state index contributed by atoms with van der Waals surface area (Å²) in [5.41, 5.74) is 0.685. The van der Waals surface area contributed by atoms with Crippen molar-refractivity contribution < 1.29 is 13.9 Å². The number of carbonyl (C=O) groups excluding carboxylic acids is 1. The Kier molecular flexibility index (Phi) is 6.05. The number of amides is 2. The molecule has 142 valence electrons. The summed E-state index contributed by atoms with van der Waals surface area (Å²) in [6.45, 7) is 1.50. The lowest BCUT2D eigenvalue weighted by atomic mass is 10.2. The van der Waals surface area contributed by atoms with E-state index in [4.69, 9.17) is 4.74 Å². The number of nitrogens with one attached hydrogen (secondary N) is 2. The van der Waals surface area contributed by atoms with Crippen molar-refractivity contribution in [1.29, 1.82) is 0 Å². The average molecular weight is 374 g/mol. The quantitative estimate of drug-likeness (QED) is 0.609. The molecule has 0 bridgehead atoms. The Morgan fingerprint density at radius 1 is 1.22 bits per heavy atom. The van der Waals surface area contributed by atoms with Crippen LogP contribution in [-0.4, -0.2) is 55.8 Å². The van der Waals surface area contributed by atoms with Crippen molar-refractivity contribution in [2.24, 2.45) is 0 Å². The average Bonchev–Trinajstić information content (AvgIpc) is 3.34. The minimum atomic E-state index is -0.540. The van der Waals surface area contributed by atoms with Crippen molar-refractivity contribution in [3.05, 3.63) is 48.8 Å². The van der Waals surface area contributed by atoms with Gasteiger partial charge in [0.05, 0.1) is 18.0 Å². The highest BCUT2D eigenvalue weighted by molar-refractivity contribution is 5.89. The molecule has 10 nitrogen and oxygen atoms in total. The summed E-state index contributed by atoms with van der Waals surface area (Å²) in [5.74, 6) is 0.189. The molecule has 0 saturated carbocycles. The molecule has 27 heavy (non-hydrogen) atoms. The lowest BCUT2D eigenvalue weighted by molar-refractivity contribution is 0.186. The van der Waals surface area contributed by atoms with E-state index in [0.29, 0.717) is 31.8 Å². The molecule has 3 aromatic rings. The van der Waals surface area contributed by atoms with Crippen LogP contribution in [0.5, 0.6) is 0 Å². The van der Waals surface area contributed by atoms with Gasteiger partial charge < -0.3 is 19.9 Å². The van der Waals surface area contributed by atoms with Crippen molar-refractivity contribution in [3.63, 3.8) is 0 Å². The molecule has 1 aromatic carbocycles. The maximum absolute atomic E-state index is 14.0. The fourth-order valence-electron chi connectivity index (χ4n) is 2.41. The molecule has 0 atom stereocenters. The minimum absolute atomic E-state index is 0.0574. The number of hydrogen-bond acceptors (Lipinski definition) is 6. The highest BCUT2D eigenvalue weighted by Crippen LogP contribution is 2.18. The molecule has 0 unspecified atom stereocenters. The first-order valence-corrected chi connectivity index (χ1v) is 8.22. The van der Waals surface area contributed by atoms with Gasteiger partial charge in [-0.25, -0.2) is 9.18 Å². The molecular weight excluding hydrogens is 355 g/mol. The summed E-state index contributed by atoms with van der Waals surface area (Å²) in [4.78, 5) is 12.1. The van der Waals surface area contributed by atoms with Crippen LogP contribution in [0.4, 0.5) is 14.9 Å². The fraction of sp³-hybridized carbons (Fsp3) is 0.312. The summed E-state index contributed by atoms with van der Waals surface area (Å²) >= 11 is 0. The maximum atomic E-state index is 14.0. The van der Waals surface area contributed by atoms with Crippen molar-refractivity contribution in [2.75, 3.05) is 25.6 Å². The molecule has 0 aliphatic carbocycles. The molecule has 0 radical (unpaired) electrons. The second-order valence-electron chi connectivity index (χ2n) is 5.60. The first kappa shape index (κ1) is 18.5. The van der Waals surface area contributed by atoms with Crippen molar-refractivity contribution in [2.45, 2.75) is 13.0 Å². The van der Waals surface area contributed by atoms with E-state index in [1.165, 1.54) is 24.8 Å². The third-order valence-electron chi connectivity index (χ3n) is 3.78. The molecule has 2 N–H and O–H groups in total. The molecule has 3 rings (SSSR count). The molecule has 2 heterocycles. The lowest BCUT2D eigenvalue weighted by Gasteiger charge is -2.10. The van der Waals surface area contributed by atoms with E-state index >= 15 is 0 Å². The van der Waals surface area contributed by atoms with Gasteiger partial charge in [0.25, 0.3) is 0 Å². The van der Waals surface area contributed by atoms with E-state index in [2.05, 4.69) is 31.0 Å². The second kappa shape index (κ2) is 8.85. The van der Waals surface area contributed by atoms with E-state index in [-0.39, 0.29) is 5.69 Å². The number of urea groups is 1. The van der Waals surface area contributed by atoms with Crippen LogP contribution in [0.3, 0.4) is 0 Å². The number of halogens is 1. The Morgan fingerprint density at radius 3 is 2.81 bits per heavy atom. The predicted octanol–water partition coefficient (Wildman–Crippen LogP) is 1.01. The molecule has 11 heteroatoms. The molecule has 0 fully saturated rings. The van der Waals surface area contributed by atoms with E-state index < -0.39 is 11.8 Å². The number of anilines is 1. The Bertz CT molecular complexity index is 880. The topological polar surface area (TPSA) is 112 Å². The Morgan fingerprint density at radius 2 is 2.04 bits per heavy atom. The number of aromatic nitrogens is 6. The third kappa shape index (κ3) is 4.85. The maximum Gasteiger partial charge on any atom is 0.319 e. The second-order valence-corrected chi connectivity index (χ2v) is 5.60. The van der Waals surface area contributed by atoms with Gasteiger partial charge in [-0.1, -0.05) is 0 Å². The zero-order valence-corrected chi connectivity index (χ0v) is 14.7. The molecule has 0 aliphatic heterocycles. The molecule has 0 aliphatic rings. The van der Waals surface area contributed by atoms with Gasteiger partial charge in [0, 0.05) is 26.6 Å². The van der Waals surface area contributed by atoms with Gasteiger partial charge in [0.1, 0.15) is 30.6 Å². The van der Waals surface area contributed by atoms with Crippen molar-refractivity contribution in [1.82, 2.24) is 34.8 Å². The predicted molar refractivity (Wildman–Crippen MR) is 93.9 cm³/mol. The lowest BCUT2D eigenvalue weighted by Crippen LogP contribution is -2.31. The Labute approximate surface area is 154 Å². The van der Waals surface area contributed by atoms with Crippen LogP contribution in [0.2, 0.25) is 0 Å². The zero-order valence-electron chi connectivity index (χ0n) is 14.7. The molecular formula is C16H19FN8O2. The number of hydrogen-bond donors (Lipinski definition) is 2. The van der Waals surface area contributed by atoms with E-state index in [0.717, 1.165) is 5.82 Å². The summed E-state index contributed by atoms with van der Waals surface area (Å²) in [6, 6.07) is 3.81. The van der Waals surface area contributed by atoms with Gasteiger partial charge in [-0.05, 0) is 18.2 Å². The van der Waals surface area contributed by atoms with Crippen LogP contribution in [-0.2, 0) is 17.7 Å². The summed E-state index contributed by atoms with van der Waals surface area (Å²) < 4.78 is 22.5. The van der Waals surface area contributed by atoms with E-state index in [1.807, 2.05) is 4.57 Å². The number of nitrogens with zero attached hydrogens (tertiary/aromatic N) is 6. The molecule has 0 spiro atoms. The number of rotatable bonds is 8. The van der Waals surface area contributed by atoms with E-state index in [9.17, 15) is 9.18 Å². The fourth-order valence-corrected chi connectivity index (χ4v) is 2.41. The van der Waals surface area contributed by atoms with Crippen LogP contribution < -0.4 is 10.6 Å². The minimum Gasteiger partial charge on any atom is -0.383 e. The summed E-state index contributed by atoms with van der Waals surface area (Å²) in [6.07, 6.45) is 5.06. The van der Waals surface area contributed by atoms with E-state index in [1.54, 1.807) is 24.1 Å². The largest absolute Gasteiger partial charge is 0.383 e. The number of methoxy groups -OCH3 is 1. The van der Waals surface area contributed by atoms with Gasteiger partial charge in [0.15, 0.2) is 0 Å². The normalized spacial score (nSPS) is 10.7. The highest BCUT2D eigenvalue weighted by Gasteiger charge is 2.10. The summed E-state index contributed by atoms with van der Waals surface area (Å²) in [5, 5.41) is 20.4. The van der Waals surface area contributed by atoms with Crippen LogP contribution in [0, 0.1) is 5.82 Å². The molecule has 2 aromatic heterocycles. The summed E-state index contributed by atoms with van der Waals surface area (Å²) in [7, 11) is 1.62.